The summed E-state index contributed by atoms with van der Waals surface area (Å²) < 4.78 is 4.75. The zero-order valence-corrected chi connectivity index (χ0v) is 13.4. The summed E-state index contributed by atoms with van der Waals surface area (Å²) in [4.78, 5) is 18.2. The van der Waals surface area contributed by atoms with Crippen molar-refractivity contribution in [3.8, 4) is 10.6 Å². The van der Waals surface area contributed by atoms with Gasteiger partial charge in [-0.3, -0.25) is 9.69 Å². The van der Waals surface area contributed by atoms with Crippen LogP contribution in [0.4, 0.5) is 0 Å². The Bertz CT molecular complexity index is 583. The Hall–Kier alpha value is -1.72. The van der Waals surface area contributed by atoms with Crippen LogP contribution in [0.15, 0.2) is 35.7 Å². The van der Waals surface area contributed by atoms with Crippen LogP contribution in [0.3, 0.4) is 0 Å². The van der Waals surface area contributed by atoms with E-state index < -0.39 is 0 Å². The van der Waals surface area contributed by atoms with Crippen LogP contribution in [-0.2, 0) is 16.1 Å². The molecule has 5 heteroatoms. The summed E-state index contributed by atoms with van der Waals surface area (Å²) in [7, 11) is 3.41. The zero-order chi connectivity index (χ0) is 15.2. The molecule has 2 aromatic rings. The molecule has 1 unspecified atom stereocenters. The van der Waals surface area contributed by atoms with Crippen LogP contribution in [0.1, 0.15) is 12.6 Å². The molecular formula is C16H20N2O2S. The molecule has 1 atom stereocenters. The first-order valence-electron chi connectivity index (χ1n) is 6.86. The van der Waals surface area contributed by atoms with E-state index in [4.69, 9.17) is 4.74 Å². The van der Waals surface area contributed by atoms with Crippen LogP contribution in [0.2, 0.25) is 0 Å². The van der Waals surface area contributed by atoms with Gasteiger partial charge in [0, 0.05) is 24.0 Å². The van der Waals surface area contributed by atoms with E-state index in [-0.39, 0.29) is 11.9 Å². The second-order valence-corrected chi connectivity index (χ2v) is 5.99. The fourth-order valence-corrected chi connectivity index (χ4v) is 2.99. The van der Waals surface area contributed by atoms with E-state index in [0.29, 0.717) is 6.54 Å². The Morgan fingerprint density at radius 1 is 1.38 bits per heavy atom. The summed E-state index contributed by atoms with van der Waals surface area (Å²) in [5.74, 6) is -0.308. The monoisotopic (exact) mass is 304 g/mol. The van der Waals surface area contributed by atoms with E-state index in [0.717, 1.165) is 22.8 Å². The van der Waals surface area contributed by atoms with Gasteiger partial charge in [-0.15, -0.1) is 11.3 Å². The normalized spacial score (nSPS) is 12.4. The predicted molar refractivity (Wildman–Crippen MR) is 85.1 cm³/mol. The van der Waals surface area contributed by atoms with Crippen LogP contribution < -0.4 is 0 Å². The fourth-order valence-electron chi connectivity index (χ4n) is 2.18. The van der Waals surface area contributed by atoms with Crippen LogP contribution >= 0.6 is 11.3 Å². The van der Waals surface area contributed by atoms with Gasteiger partial charge in [0.05, 0.1) is 18.7 Å². The SMILES string of the molecule is COC(=O)C(C)CN(C)Cc1csc(-c2ccccc2)n1. The number of nitrogens with zero attached hydrogens (tertiary/aromatic N) is 2. The number of hydrogen-bond donors (Lipinski definition) is 0. The largest absolute Gasteiger partial charge is 0.469 e. The Morgan fingerprint density at radius 3 is 2.76 bits per heavy atom. The lowest BCUT2D eigenvalue weighted by Gasteiger charge is -2.18. The van der Waals surface area contributed by atoms with Gasteiger partial charge in [-0.05, 0) is 7.05 Å². The number of thiazole rings is 1. The molecule has 21 heavy (non-hydrogen) atoms. The number of carbonyl (C=O) groups is 1. The highest BCUT2D eigenvalue weighted by atomic mass is 32.1. The number of aromatic nitrogens is 1. The number of methoxy groups -OCH3 is 1. The van der Waals surface area contributed by atoms with Gasteiger partial charge in [0.2, 0.25) is 0 Å². The molecule has 0 aliphatic heterocycles. The molecule has 0 saturated carbocycles. The van der Waals surface area contributed by atoms with Crippen molar-refractivity contribution >= 4 is 17.3 Å². The third kappa shape index (κ3) is 4.37. The third-order valence-electron chi connectivity index (χ3n) is 3.19. The van der Waals surface area contributed by atoms with Crippen molar-refractivity contribution in [2.45, 2.75) is 13.5 Å². The summed E-state index contributed by atoms with van der Waals surface area (Å²) in [5, 5.41) is 3.10. The van der Waals surface area contributed by atoms with Crippen molar-refractivity contribution in [1.82, 2.24) is 9.88 Å². The van der Waals surface area contributed by atoms with E-state index in [1.165, 1.54) is 7.11 Å². The smallest absolute Gasteiger partial charge is 0.309 e. The number of benzene rings is 1. The van der Waals surface area contributed by atoms with Crippen LogP contribution in [-0.4, -0.2) is 36.6 Å². The molecule has 112 valence electrons. The van der Waals surface area contributed by atoms with E-state index in [1.807, 2.05) is 32.2 Å². The van der Waals surface area contributed by atoms with E-state index in [2.05, 4.69) is 27.4 Å². The van der Waals surface area contributed by atoms with Gasteiger partial charge in [-0.1, -0.05) is 37.3 Å². The second-order valence-electron chi connectivity index (χ2n) is 5.13. The predicted octanol–water partition coefficient (Wildman–Crippen LogP) is 3.05. The third-order valence-corrected chi connectivity index (χ3v) is 4.13. The Balaban J connectivity index is 1.95. The molecular weight excluding hydrogens is 284 g/mol. The van der Waals surface area contributed by atoms with Crippen molar-refractivity contribution < 1.29 is 9.53 Å². The number of rotatable bonds is 6. The molecule has 1 aromatic carbocycles. The highest BCUT2D eigenvalue weighted by Crippen LogP contribution is 2.23. The van der Waals surface area contributed by atoms with Crippen LogP contribution in [0.25, 0.3) is 10.6 Å². The van der Waals surface area contributed by atoms with Gasteiger partial charge in [-0.2, -0.15) is 0 Å². The van der Waals surface area contributed by atoms with Crippen LogP contribution in [0, 0.1) is 5.92 Å². The average Bonchev–Trinajstić information content (AvgIpc) is 2.95. The molecule has 0 amide bonds. The van der Waals surface area contributed by atoms with Gasteiger partial charge in [-0.25, -0.2) is 4.98 Å². The molecule has 0 N–H and O–H groups in total. The summed E-state index contributed by atoms with van der Waals surface area (Å²) >= 11 is 1.64. The van der Waals surface area contributed by atoms with Crippen molar-refractivity contribution in [2.75, 3.05) is 20.7 Å². The lowest BCUT2D eigenvalue weighted by atomic mass is 10.2. The molecule has 0 fully saturated rings. The number of hydrogen-bond acceptors (Lipinski definition) is 5. The van der Waals surface area contributed by atoms with Crippen LogP contribution in [0.5, 0.6) is 0 Å². The molecule has 4 nitrogen and oxygen atoms in total. The molecule has 0 spiro atoms. The maximum Gasteiger partial charge on any atom is 0.309 e. The highest BCUT2D eigenvalue weighted by molar-refractivity contribution is 7.13. The minimum atomic E-state index is -0.176. The lowest BCUT2D eigenvalue weighted by Crippen LogP contribution is -2.29. The topological polar surface area (TPSA) is 42.4 Å². The first-order valence-corrected chi connectivity index (χ1v) is 7.74. The van der Waals surface area contributed by atoms with Crippen molar-refractivity contribution in [3.05, 3.63) is 41.4 Å². The second kappa shape index (κ2) is 7.33. The molecule has 0 bridgehead atoms. The Morgan fingerprint density at radius 2 is 2.10 bits per heavy atom. The van der Waals surface area contributed by atoms with Gasteiger partial charge < -0.3 is 4.74 Å². The summed E-state index contributed by atoms with van der Waals surface area (Å²) in [6.07, 6.45) is 0. The fraction of sp³-hybridized carbons (Fsp3) is 0.375. The van der Waals surface area contributed by atoms with Crippen molar-refractivity contribution in [1.29, 1.82) is 0 Å². The molecule has 0 aliphatic carbocycles. The summed E-state index contributed by atoms with van der Waals surface area (Å²) in [6.45, 7) is 3.26. The van der Waals surface area contributed by atoms with Crippen molar-refractivity contribution in [2.24, 2.45) is 5.92 Å². The lowest BCUT2D eigenvalue weighted by molar-refractivity contribution is -0.145. The number of carbonyl (C=O) groups excluding carboxylic acids is 1. The number of ether oxygens (including phenoxy) is 1. The Labute approximate surface area is 129 Å². The summed E-state index contributed by atoms with van der Waals surface area (Å²) in [6, 6.07) is 10.2. The molecule has 0 aliphatic rings. The highest BCUT2D eigenvalue weighted by Gasteiger charge is 2.16. The maximum atomic E-state index is 11.4. The first-order chi connectivity index (χ1) is 10.1. The van der Waals surface area contributed by atoms with Gasteiger partial charge in [0.1, 0.15) is 5.01 Å². The van der Waals surface area contributed by atoms with Gasteiger partial charge >= 0.3 is 5.97 Å². The zero-order valence-electron chi connectivity index (χ0n) is 12.6. The minimum absolute atomic E-state index is 0.132. The minimum Gasteiger partial charge on any atom is -0.469 e. The van der Waals surface area contributed by atoms with E-state index in [1.54, 1.807) is 11.3 Å². The van der Waals surface area contributed by atoms with E-state index >= 15 is 0 Å². The molecule has 0 radical (unpaired) electrons. The van der Waals surface area contributed by atoms with Gasteiger partial charge in [0.25, 0.3) is 0 Å². The first kappa shape index (κ1) is 15.7. The molecule has 1 aromatic heterocycles. The van der Waals surface area contributed by atoms with Gasteiger partial charge in [0.15, 0.2) is 0 Å². The maximum absolute atomic E-state index is 11.4. The standard InChI is InChI=1S/C16H20N2O2S/c1-12(16(19)20-3)9-18(2)10-14-11-21-15(17-14)13-7-5-4-6-8-13/h4-8,11-12H,9-10H2,1-3H3. The summed E-state index contributed by atoms with van der Waals surface area (Å²) in [5.41, 5.74) is 2.16. The Kier molecular flexibility index (Phi) is 5.47. The molecule has 2 rings (SSSR count). The molecule has 0 saturated heterocycles. The average molecular weight is 304 g/mol. The van der Waals surface area contributed by atoms with E-state index in [9.17, 15) is 4.79 Å². The quantitative estimate of drug-likeness (QED) is 0.769. The number of esters is 1. The molecule has 1 heterocycles. The van der Waals surface area contributed by atoms with Crippen molar-refractivity contribution in [3.63, 3.8) is 0 Å².